The third kappa shape index (κ3) is 2.67. The average molecular weight is 187 g/mol. The maximum Gasteiger partial charge on any atom is 0.317 e. The van der Waals surface area contributed by atoms with Gasteiger partial charge in [-0.25, -0.2) is 0 Å². The van der Waals surface area contributed by atoms with Crippen LogP contribution < -0.4 is 11.1 Å². The molecule has 1 aliphatic rings. The number of nitrogens with one attached hydrogen (secondary N) is 1. The molecule has 0 aromatic rings. The second kappa shape index (κ2) is 4.20. The van der Waals surface area contributed by atoms with Gasteiger partial charge in [-0.15, -0.1) is 0 Å². The molecular weight excluding hydrogens is 174 g/mol. The summed E-state index contributed by atoms with van der Waals surface area (Å²) in [5.41, 5.74) is 5.12. The summed E-state index contributed by atoms with van der Waals surface area (Å²) in [6.45, 7) is 1.54. The number of carboxylic acid groups (broad SMARTS) is 1. The molecule has 1 rings (SSSR count). The Labute approximate surface area is 75.7 Å². The minimum atomic E-state index is -0.937. The van der Waals surface area contributed by atoms with Crippen LogP contribution in [-0.2, 0) is 9.59 Å². The molecule has 1 fully saturated rings. The lowest BCUT2D eigenvalue weighted by molar-refractivity contribution is -0.140. The molecule has 0 aromatic heterocycles. The number of hydrogen-bond acceptors (Lipinski definition) is 4. The molecule has 6 nitrogen and oxygen atoms in total. The minimum Gasteiger partial charge on any atom is -0.480 e. The Morgan fingerprint density at radius 1 is 1.62 bits per heavy atom. The highest BCUT2D eigenvalue weighted by Crippen LogP contribution is 2.01. The van der Waals surface area contributed by atoms with Gasteiger partial charge in [-0.3, -0.25) is 14.5 Å². The summed E-state index contributed by atoms with van der Waals surface area (Å²) in [5.74, 6) is -1.42. The van der Waals surface area contributed by atoms with E-state index in [1.54, 1.807) is 4.90 Å². The summed E-state index contributed by atoms with van der Waals surface area (Å²) < 4.78 is 0. The number of aliphatic carboxylic acids is 1. The normalized spacial score (nSPS) is 24.2. The van der Waals surface area contributed by atoms with E-state index in [1.165, 1.54) is 0 Å². The standard InChI is InChI=1S/C7H13N3O3/c8-7(13)5-3-9-1-2-10(5)4-6(11)12/h5,9H,1-4H2,(H2,8,13)(H,11,12). The number of rotatable bonds is 3. The number of amides is 1. The second-order valence-electron chi connectivity index (χ2n) is 2.99. The zero-order valence-corrected chi connectivity index (χ0v) is 7.19. The van der Waals surface area contributed by atoms with Gasteiger partial charge < -0.3 is 16.2 Å². The second-order valence-corrected chi connectivity index (χ2v) is 2.99. The predicted molar refractivity (Wildman–Crippen MR) is 45.1 cm³/mol. The first kappa shape index (κ1) is 9.94. The van der Waals surface area contributed by atoms with E-state index in [9.17, 15) is 9.59 Å². The molecule has 13 heavy (non-hydrogen) atoms. The number of carboxylic acids is 1. The molecule has 0 aromatic carbocycles. The van der Waals surface area contributed by atoms with Crippen molar-refractivity contribution in [2.75, 3.05) is 26.2 Å². The van der Waals surface area contributed by atoms with Crippen molar-refractivity contribution in [1.29, 1.82) is 0 Å². The Morgan fingerprint density at radius 3 is 2.85 bits per heavy atom. The van der Waals surface area contributed by atoms with Crippen LogP contribution in [0.2, 0.25) is 0 Å². The van der Waals surface area contributed by atoms with Gasteiger partial charge in [0.25, 0.3) is 0 Å². The Hall–Kier alpha value is -1.14. The van der Waals surface area contributed by atoms with Crippen LogP contribution in [0.15, 0.2) is 0 Å². The number of carbonyl (C=O) groups excluding carboxylic acids is 1. The molecule has 0 spiro atoms. The molecule has 1 atom stereocenters. The molecule has 4 N–H and O–H groups in total. The fraction of sp³-hybridized carbons (Fsp3) is 0.714. The van der Waals surface area contributed by atoms with Crippen molar-refractivity contribution in [2.24, 2.45) is 5.73 Å². The number of carbonyl (C=O) groups is 2. The summed E-state index contributed by atoms with van der Waals surface area (Å²) in [6, 6.07) is -0.496. The van der Waals surface area contributed by atoms with Crippen LogP contribution in [0.1, 0.15) is 0 Å². The van der Waals surface area contributed by atoms with Gasteiger partial charge in [-0.2, -0.15) is 0 Å². The van der Waals surface area contributed by atoms with E-state index in [0.29, 0.717) is 19.6 Å². The summed E-state index contributed by atoms with van der Waals surface area (Å²) in [6.07, 6.45) is 0. The van der Waals surface area contributed by atoms with Gasteiger partial charge in [-0.05, 0) is 0 Å². The molecule has 0 bridgehead atoms. The molecule has 0 aliphatic carbocycles. The Morgan fingerprint density at radius 2 is 2.31 bits per heavy atom. The van der Waals surface area contributed by atoms with Crippen LogP contribution in [0, 0.1) is 0 Å². The van der Waals surface area contributed by atoms with Gasteiger partial charge in [0.1, 0.15) is 6.04 Å². The van der Waals surface area contributed by atoms with Crippen molar-refractivity contribution in [2.45, 2.75) is 6.04 Å². The lowest BCUT2D eigenvalue weighted by Gasteiger charge is -2.32. The SMILES string of the molecule is NC(=O)C1CNCCN1CC(=O)O. The van der Waals surface area contributed by atoms with E-state index in [-0.39, 0.29) is 6.54 Å². The Bertz CT molecular complexity index is 219. The monoisotopic (exact) mass is 187 g/mol. The topological polar surface area (TPSA) is 95.7 Å². The third-order valence-electron chi connectivity index (χ3n) is 2.02. The van der Waals surface area contributed by atoms with Crippen molar-refractivity contribution in [3.63, 3.8) is 0 Å². The lowest BCUT2D eigenvalue weighted by atomic mass is 10.2. The fourth-order valence-corrected chi connectivity index (χ4v) is 1.39. The molecule has 0 radical (unpaired) electrons. The molecule has 6 heteroatoms. The predicted octanol–water partition coefficient (Wildman–Crippen LogP) is -2.17. The van der Waals surface area contributed by atoms with Crippen LogP contribution in [0.4, 0.5) is 0 Å². The highest BCUT2D eigenvalue weighted by atomic mass is 16.4. The maximum absolute atomic E-state index is 10.9. The minimum absolute atomic E-state index is 0.130. The van der Waals surface area contributed by atoms with E-state index >= 15 is 0 Å². The first-order valence-corrected chi connectivity index (χ1v) is 4.07. The summed E-state index contributed by atoms with van der Waals surface area (Å²) >= 11 is 0. The van der Waals surface area contributed by atoms with Gasteiger partial charge >= 0.3 is 5.97 Å². The van der Waals surface area contributed by atoms with Crippen LogP contribution >= 0.6 is 0 Å². The van der Waals surface area contributed by atoms with Gasteiger partial charge in [-0.1, -0.05) is 0 Å². The van der Waals surface area contributed by atoms with E-state index < -0.39 is 17.9 Å². The zero-order chi connectivity index (χ0) is 9.84. The van der Waals surface area contributed by atoms with Gasteiger partial charge in [0.05, 0.1) is 6.54 Å². The van der Waals surface area contributed by atoms with Crippen molar-refractivity contribution >= 4 is 11.9 Å². The average Bonchev–Trinajstić information content (AvgIpc) is 2.03. The van der Waals surface area contributed by atoms with Crippen LogP contribution in [-0.4, -0.2) is 54.1 Å². The Kier molecular flexibility index (Phi) is 3.21. The zero-order valence-electron chi connectivity index (χ0n) is 7.19. The third-order valence-corrected chi connectivity index (χ3v) is 2.02. The quantitative estimate of drug-likeness (QED) is 0.467. The van der Waals surface area contributed by atoms with Gasteiger partial charge in [0.2, 0.25) is 5.91 Å². The highest BCUT2D eigenvalue weighted by molar-refractivity contribution is 5.81. The molecule has 1 amide bonds. The van der Waals surface area contributed by atoms with Gasteiger partial charge in [0.15, 0.2) is 0 Å². The number of nitrogens with two attached hydrogens (primary N) is 1. The molecular formula is C7H13N3O3. The lowest BCUT2D eigenvalue weighted by Crippen LogP contribution is -2.57. The van der Waals surface area contributed by atoms with Crippen LogP contribution in [0.5, 0.6) is 0 Å². The van der Waals surface area contributed by atoms with Crippen molar-refractivity contribution in [1.82, 2.24) is 10.2 Å². The molecule has 1 heterocycles. The van der Waals surface area contributed by atoms with Crippen molar-refractivity contribution in [3.8, 4) is 0 Å². The van der Waals surface area contributed by atoms with E-state index in [1.807, 2.05) is 0 Å². The fourth-order valence-electron chi connectivity index (χ4n) is 1.39. The number of nitrogens with zero attached hydrogens (tertiary/aromatic N) is 1. The first-order chi connectivity index (χ1) is 6.11. The Balaban J connectivity index is 2.56. The number of hydrogen-bond donors (Lipinski definition) is 3. The number of piperazine rings is 1. The molecule has 74 valence electrons. The molecule has 1 unspecified atom stereocenters. The summed E-state index contributed by atoms with van der Waals surface area (Å²) in [5, 5.41) is 11.5. The van der Waals surface area contributed by atoms with Gasteiger partial charge in [0, 0.05) is 19.6 Å². The van der Waals surface area contributed by atoms with E-state index in [2.05, 4.69) is 5.32 Å². The highest BCUT2D eigenvalue weighted by Gasteiger charge is 2.27. The summed E-state index contributed by atoms with van der Waals surface area (Å²) in [7, 11) is 0. The molecule has 1 saturated heterocycles. The molecule has 1 aliphatic heterocycles. The first-order valence-electron chi connectivity index (χ1n) is 4.07. The van der Waals surface area contributed by atoms with Crippen molar-refractivity contribution in [3.05, 3.63) is 0 Å². The van der Waals surface area contributed by atoms with Crippen LogP contribution in [0.3, 0.4) is 0 Å². The van der Waals surface area contributed by atoms with Crippen molar-refractivity contribution < 1.29 is 14.7 Å². The van der Waals surface area contributed by atoms with E-state index in [0.717, 1.165) is 0 Å². The number of primary amides is 1. The maximum atomic E-state index is 10.9. The van der Waals surface area contributed by atoms with E-state index in [4.69, 9.17) is 10.8 Å². The summed E-state index contributed by atoms with van der Waals surface area (Å²) in [4.78, 5) is 22.9. The molecule has 0 saturated carbocycles. The van der Waals surface area contributed by atoms with Crippen LogP contribution in [0.25, 0.3) is 0 Å². The largest absolute Gasteiger partial charge is 0.480 e. The smallest absolute Gasteiger partial charge is 0.317 e.